The number of hydrogen-bond donors (Lipinski definition) is 2. The van der Waals surface area contributed by atoms with Crippen LogP contribution >= 0.6 is 0 Å². The van der Waals surface area contributed by atoms with Gasteiger partial charge in [0.25, 0.3) is 0 Å². The van der Waals surface area contributed by atoms with Gasteiger partial charge in [-0.25, -0.2) is 0 Å². The smallest absolute Gasteiger partial charge is 0.159 e. The third-order valence-corrected chi connectivity index (χ3v) is 4.45. The van der Waals surface area contributed by atoms with Gasteiger partial charge < -0.3 is 15.8 Å². The molecule has 0 aromatic carbocycles. The first-order chi connectivity index (χ1) is 8.54. The highest BCUT2D eigenvalue weighted by Crippen LogP contribution is 2.32. The SMILES string of the molecule is CC(C)(C(N)=NO)N1CCN(CCC2CC2)CC1. The van der Waals surface area contributed by atoms with Crippen molar-refractivity contribution in [3.63, 3.8) is 0 Å². The van der Waals surface area contributed by atoms with Gasteiger partial charge in [-0.15, -0.1) is 0 Å². The van der Waals surface area contributed by atoms with Gasteiger partial charge >= 0.3 is 0 Å². The standard InChI is InChI=1S/C13H26N4O/c1-13(2,12(14)15-18)17-9-7-16(8-10-17)6-5-11-3-4-11/h11,18H,3-10H2,1-2H3,(H2,14,15). The molecule has 2 rings (SSSR count). The van der Waals surface area contributed by atoms with E-state index >= 15 is 0 Å². The van der Waals surface area contributed by atoms with Crippen LogP contribution in [0.1, 0.15) is 33.1 Å². The summed E-state index contributed by atoms with van der Waals surface area (Å²) in [5.74, 6) is 1.31. The Morgan fingerprint density at radius 1 is 1.28 bits per heavy atom. The summed E-state index contributed by atoms with van der Waals surface area (Å²) in [5.41, 5.74) is 5.42. The monoisotopic (exact) mass is 254 g/mol. The first-order valence-corrected chi connectivity index (χ1v) is 6.99. The zero-order chi connectivity index (χ0) is 13.2. The van der Waals surface area contributed by atoms with Crippen LogP contribution in [-0.2, 0) is 0 Å². The van der Waals surface area contributed by atoms with Crippen molar-refractivity contribution in [3.8, 4) is 0 Å². The molecule has 0 bridgehead atoms. The fraction of sp³-hybridized carbons (Fsp3) is 0.923. The van der Waals surface area contributed by atoms with Gasteiger partial charge in [0.15, 0.2) is 5.84 Å². The second-order valence-corrected chi connectivity index (χ2v) is 6.10. The number of hydrogen-bond acceptors (Lipinski definition) is 4. The summed E-state index contributed by atoms with van der Waals surface area (Å²) in [4.78, 5) is 4.84. The van der Waals surface area contributed by atoms with Gasteiger partial charge in [-0.1, -0.05) is 18.0 Å². The van der Waals surface area contributed by atoms with Crippen LogP contribution in [0, 0.1) is 5.92 Å². The fourth-order valence-electron chi connectivity index (χ4n) is 2.59. The maximum Gasteiger partial charge on any atom is 0.159 e. The first-order valence-electron chi connectivity index (χ1n) is 6.99. The lowest BCUT2D eigenvalue weighted by Crippen LogP contribution is -2.59. The van der Waals surface area contributed by atoms with Crippen molar-refractivity contribution in [1.82, 2.24) is 9.80 Å². The Hall–Kier alpha value is -0.810. The normalized spacial score (nSPS) is 24.4. The summed E-state index contributed by atoms with van der Waals surface area (Å²) in [7, 11) is 0. The van der Waals surface area contributed by atoms with Crippen LogP contribution in [-0.4, -0.2) is 59.1 Å². The summed E-state index contributed by atoms with van der Waals surface area (Å²) in [6.07, 6.45) is 4.25. The predicted octanol–water partition coefficient (Wildman–Crippen LogP) is 0.929. The van der Waals surface area contributed by atoms with Crippen molar-refractivity contribution >= 4 is 5.84 Å². The molecule has 5 heteroatoms. The molecule has 0 atom stereocenters. The number of nitrogens with zero attached hydrogens (tertiary/aromatic N) is 3. The second-order valence-electron chi connectivity index (χ2n) is 6.10. The molecule has 0 amide bonds. The number of amidine groups is 1. The van der Waals surface area contributed by atoms with Crippen LogP contribution in [0.2, 0.25) is 0 Å². The molecule has 18 heavy (non-hydrogen) atoms. The number of rotatable bonds is 5. The Balaban J connectivity index is 1.78. The maximum atomic E-state index is 8.83. The van der Waals surface area contributed by atoms with Crippen molar-refractivity contribution < 1.29 is 5.21 Å². The molecule has 104 valence electrons. The average molecular weight is 254 g/mol. The topological polar surface area (TPSA) is 65.1 Å². The minimum absolute atomic E-state index is 0.300. The van der Waals surface area contributed by atoms with Crippen LogP contribution in [0.4, 0.5) is 0 Å². The molecule has 2 aliphatic rings. The summed E-state index contributed by atoms with van der Waals surface area (Å²) < 4.78 is 0. The lowest BCUT2D eigenvalue weighted by Gasteiger charge is -2.43. The molecule has 1 aliphatic carbocycles. The van der Waals surface area contributed by atoms with E-state index in [1.54, 1.807) is 0 Å². The lowest BCUT2D eigenvalue weighted by molar-refractivity contribution is 0.0818. The highest BCUT2D eigenvalue weighted by Gasteiger charge is 2.34. The maximum absolute atomic E-state index is 8.83. The zero-order valence-electron chi connectivity index (χ0n) is 11.6. The second kappa shape index (κ2) is 5.45. The molecule has 0 radical (unpaired) electrons. The molecule has 2 fully saturated rings. The van der Waals surface area contributed by atoms with Gasteiger partial charge in [-0.05, 0) is 32.7 Å². The van der Waals surface area contributed by atoms with E-state index in [9.17, 15) is 0 Å². The van der Waals surface area contributed by atoms with Crippen LogP contribution in [0.3, 0.4) is 0 Å². The fourth-order valence-corrected chi connectivity index (χ4v) is 2.59. The van der Waals surface area contributed by atoms with E-state index in [4.69, 9.17) is 10.9 Å². The highest BCUT2D eigenvalue weighted by atomic mass is 16.4. The molecule has 0 aromatic rings. The number of nitrogens with two attached hydrogens (primary N) is 1. The minimum atomic E-state index is -0.350. The Kier molecular flexibility index (Phi) is 4.12. The molecule has 3 N–H and O–H groups in total. The van der Waals surface area contributed by atoms with E-state index in [0.717, 1.165) is 32.1 Å². The summed E-state index contributed by atoms with van der Waals surface area (Å²) in [6, 6.07) is 0. The van der Waals surface area contributed by atoms with Gasteiger partial charge in [-0.2, -0.15) is 0 Å². The van der Waals surface area contributed by atoms with Crippen LogP contribution in [0.25, 0.3) is 0 Å². The molecule has 1 saturated heterocycles. The third-order valence-electron chi connectivity index (χ3n) is 4.45. The zero-order valence-corrected chi connectivity index (χ0v) is 11.6. The summed E-state index contributed by atoms with van der Waals surface area (Å²) in [6.45, 7) is 9.44. The quantitative estimate of drug-likeness (QED) is 0.331. The van der Waals surface area contributed by atoms with E-state index in [0.29, 0.717) is 5.84 Å². The highest BCUT2D eigenvalue weighted by molar-refractivity contribution is 5.88. The Labute approximate surface area is 110 Å². The number of piperazine rings is 1. The molecule has 1 saturated carbocycles. The van der Waals surface area contributed by atoms with E-state index in [2.05, 4.69) is 15.0 Å². The summed E-state index contributed by atoms with van der Waals surface area (Å²) >= 11 is 0. The Bertz CT molecular complexity index is 304. The Morgan fingerprint density at radius 3 is 2.39 bits per heavy atom. The number of oxime groups is 1. The largest absolute Gasteiger partial charge is 0.409 e. The first kappa shape index (κ1) is 13.6. The van der Waals surface area contributed by atoms with Gasteiger partial charge in [-0.3, -0.25) is 4.90 Å². The van der Waals surface area contributed by atoms with Gasteiger partial charge in [0, 0.05) is 26.2 Å². The average Bonchev–Trinajstić information content (AvgIpc) is 3.20. The van der Waals surface area contributed by atoms with Gasteiger partial charge in [0.2, 0.25) is 0 Å². The predicted molar refractivity (Wildman–Crippen MR) is 72.8 cm³/mol. The summed E-state index contributed by atoms with van der Waals surface area (Å²) in [5, 5.41) is 12.0. The molecule has 0 unspecified atom stereocenters. The van der Waals surface area contributed by atoms with Crippen molar-refractivity contribution in [3.05, 3.63) is 0 Å². The molecule has 5 nitrogen and oxygen atoms in total. The van der Waals surface area contributed by atoms with Crippen molar-refractivity contribution in [1.29, 1.82) is 0 Å². The van der Waals surface area contributed by atoms with E-state index in [1.807, 2.05) is 13.8 Å². The van der Waals surface area contributed by atoms with Gasteiger partial charge in [0.05, 0.1) is 5.54 Å². The van der Waals surface area contributed by atoms with Crippen LogP contribution in [0.5, 0.6) is 0 Å². The molecule has 0 spiro atoms. The molecule has 1 aliphatic heterocycles. The molecule has 1 heterocycles. The van der Waals surface area contributed by atoms with E-state index < -0.39 is 0 Å². The van der Waals surface area contributed by atoms with Crippen molar-refractivity contribution in [2.24, 2.45) is 16.8 Å². The van der Waals surface area contributed by atoms with Crippen molar-refractivity contribution in [2.45, 2.75) is 38.6 Å². The lowest BCUT2D eigenvalue weighted by atomic mass is 10.00. The Morgan fingerprint density at radius 2 is 1.89 bits per heavy atom. The molecule has 0 aromatic heterocycles. The third kappa shape index (κ3) is 3.14. The van der Waals surface area contributed by atoms with E-state index in [-0.39, 0.29) is 5.54 Å². The van der Waals surface area contributed by atoms with Crippen LogP contribution in [0.15, 0.2) is 5.16 Å². The molecular formula is C13H26N4O. The van der Waals surface area contributed by atoms with Crippen LogP contribution < -0.4 is 5.73 Å². The molecular weight excluding hydrogens is 228 g/mol. The van der Waals surface area contributed by atoms with Gasteiger partial charge in [0.1, 0.15) is 0 Å². The minimum Gasteiger partial charge on any atom is -0.409 e. The van der Waals surface area contributed by atoms with Crippen molar-refractivity contribution in [2.75, 3.05) is 32.7 Å². The van der Waals surface area contributed by atoms with E-state index in [1.165, 1.54) is 25.8 Å².